The molecule has 44 heavy (non-hydrogen) atoms. The van der Waals surface area contributed by atoms with E-state index in [-0.39, 0.29) is 23.9 Å². The lowest BCUT2D eigenvalue weighted by atomic mass is 9.82. The van der Waals surface area contributed by atoms with Crippen LogP contribution in [-0.2, 0) is 16.0 Å². The maximum absolute atomic E-state index is 14.1. The van der Waals surface area contributed by atoms with Gasteiger partial charge in [0.05, 0.1) is 17.7 Å². The van der Waals surface area contributed by atoms with Crippen molar-refractivity contribution in [1.82, 2.24) is 15.1 Å². The number of carbonyl (C=O) groups excluding carboxylic acids is 2. The number of carbonyl (C=O) groups is 2. The Morgan fingerprint density at radius 1 is 1.00 bits per heavy atom. The van der Waals surface area contributed by atoms with E-state index in [1.54, 1.807) is 6.92 Å². The van der Waals surface area contributed by atoms with Gasteiger partial charge in [-0.2, -0.15) is 0 Å². The lowest BCUT2D eigenvalue weighted by molar-refractivity contribution is -0.132. The summed E-state index contributed by atoms with van der Waals surface area (Å²) in [6, 6.07) is 26.7. The van der Waals surface area contributed by atoms with Gasteiger partial charge in [0.1, 0.15) is 5.75 Å². The monoisotopic (exact) mass is 613 g/mol. The average Bonchev–Trinajstić information content (AvgIpc) is 3.03. The number of para-hydroxylation sites is 1. The maximum atomic E-state index is 14.1. The second kappa shape index (κ2) is 14.9. The van der Waals surface area contributed by atoms with E-state index >= 15 is 0 Å². The van der Waals surface area contributed by atoms with Crippen LogP contribution in [0.1, 0.15) is 62.1 Å². The Morgan fingerprint density at radius 3 is 2.45 bits per heavy atom. The fraction of sp³-hybridized carbons (Fsp3) is 0.405. The molecule has 2 amide bonds. The molecule has 0 aromatic heterocycles. The van der Waals surface area contributed by atoms with Crippen molar-refractivity contribution in [3.8, 4) is 5.75 Å². The summed E-state index contributed by atoms with van der Waals surface area (Å²) in [6.07, 6.45) is 4.42. The first-order chi connectivity index (χ1) is 21.3. The van der Waals surface area contributed by atoms with Crippen LogP contribution in [-0.4, -0.2) is 67.0 Å². The van der Waals surface area contributed by atoms with Crippen molar-refractivity contribution < 1.29 is 14.3 Å². The van der Waals surface area contributed by atoms with Gasteiger partial charge >= 0.3 is 0 Å². The minimum absolute atomic E-state index is 0.0505. The number of amides is 2. The molecule has 2 unspecified atom stereocenters. The lowest BCUT2D eigenvalue weighted by Crippen LogP contribution is -2.61. The molecule has 2 aliphatic rings. The van der Waals surface area contributed by atoms with Crippen molar-refractivity contribution in [1.29, 1.82) is 0 Å². The van der Waals surface area contributed by atoms with E-state index < -0.39 is 0 Å². The molecule has 3 aromatic carbocycles. The molecule has 0 radical (unpaired) electrons. The highest BCUT2D eigenvalue weighted by Gasteiger charge is 2.39. The largest absolute Gasteiger partial charge is 0.492 e. The van der Waals surface area contributed by atoms with Crippen LogP contribution in [0.3, 0.4) is 0 Å². The number of likely N-dealkylation sites (N-methyl/N-ethyl adjacent to an activating group) is 1. The molecule has 1 saturated heterocycles. The molecule has 0 saturated carbocycles. The summed E-state index contributed by atoms with van der Waals surface area (Å²) >= 11 is 6.20. The summed E-state index contributed by atoms with van der Waals surface area (Å²) in [5, 5.41) is 4.29. The summed E-state index contributed by atoms with van der Waals surface area (Å²) < 4.78 is 5.85. The number of aryl methyl sites for hydroxylation is 1. The van der Waals surface area contributed by atoms with Crippen molar-refractivity contribution >= 4 is 29.0 Å². The first-order valence-electron chi connectivity index (χ1n) is 15.8. The molecule has 1 fully saturated rings. The third-order valence-corrected chi connectivity index (χ3v) is 9.25. The number of ether oxygens (including phenoxy) is 1. The highest BCUT2D eigenvalue weighted by molar-refractivity contribution is 6.32. The molecule has 3 aromatic rings. The van der Waals surface area contributed by atoms with E-state index in [0.717, 1.165) is 42.4 Å². The van der Waals surface area contributed by atoms with E-state index in [4.69, 9.17) is 16.3 Å². The summed E-state index contributed by atoms with van der Waals surface area (Å²) in [5.41, 5.74) is 5.55. The van der Waals surface area contributed by atoms with Gasteiger partial charge in [-0.3, -0.25) is 9.59 Å². The molecule has 2 aliphatic heterocycles. The van der Waals surface area contributed by atoms with Crippen molar-refractivity contribution in [2.45, 2.75) is 64.0 Å². The number of fused-ring (bicyclic) bond motifs is 2. The zero-order valence-electron chi connectivity index (χ0n) is 26.1. The molecule has 5 rings (SSSR count). The SMILES string of the molecule is CC(=O)N1CC2CC(c3ccc(CCCOc4ccccc4Cl)cc3)=C(C(=O)N(C)CCCC(C)c3ccccc3)[C@@H](C1)N2. The maximum Gasteiger partial charge on any atom is 0.251 e. The third-order valence-electron chi connectivity index (χ3n) is 8.93. The Bertz CT molecular complexity index is 1460. The predicted molar refractivity (Wildman–Crippen MR) is 178 cm³/mol. The highest BCUT2D eigenvalue weighted by Crippen LogP contribution is 2.34. The Morgan fingerprint density at radius 2 is 1.73 bits per heavy atom. The number of rotatable bonds is 12. The van der Waals surface area contributed by atoms with Crippen LogP contribution >= 0.6 is 11.6 Å². The molecular formula is C37H44ClN3O3. The first kappa shape index (κ1) is 31.8. The molecular weight excluding hydrogens is 570 g/mol. The molecule has 7 heteroatoms. The minimum Gasteiger partial charge on any atom is -0.492 e. The van der Waals surface area contributed by atoms with Gasteiger partial charge in [0.2, 0.25) is 5.91 Å². The van der Waals surface area contributed by atoms with Gasteiger partial charge in [0.25, 0.3) is 5.91 Å². The van der Waals surface area contributed by atoms with Gasteiger partial charge in [-0.1, -0.05) is 85.3 Å². The summed E-state index contributed by atoms with van der Waals surface area (Å²) in [7, 11) is 1.91. The average molecular weight is 614 g/mol. The van der Waals surface area contributed by atoms with Crippen molar-refractivity contribution in [2.75, 3.05) is 33.3 Å². The highest BCUT2D eigenvalue weighted by atomic mass is 35.5. The van der Waals surface area contributed by atoms with Crippen molar-refractivity contribution in [3.05, 3.63) is 106 Å². The molecule has 6 nitrogen and oxygen atoms in total. The van der Waals surface area contributed by atoms with Crippen LogP contribution < -0.4 is 10.1 Å². The number of hydrogen-bond acceptors (Lipinski definition) is 4. The number of nitrogens with one attached hydrogen (secondary N) is 1. The fourth-order valence-corrected chi connectivity index (χ4v) is 6.60. The Labute approximate surface area is 267 Å². The zero-order valence-corrected chi connectivity index (χ0v) is 26.9. The predicted octanol–water partition coefficient (Wildman–Crippen LogP) is 6.74. The van der Waals surface area contributed by atoms with Gasteiger partial charge in [-0.05, 0) is 72.4 Å². The molecule has 0 aliphatic carbocycles. The van der Waals surface area contributed by atoms with Crippen LogP contribution in [0, 0.1) is 0 Å². The van der Waals surface area contributed by atoms with Crippen LogP contribution in [0.2, 0.25) is 5.02 Å². The van der Waals surface area contributed by atoms with E-state index in [1.807, 2.05) is 47.2 Å². The number of benzene rings is 3. The molecule has 0 spiro atoms. The summed E-state index contributed by atoms with van der Waals surface area (Å²) in [4.78, 5) is 30.2. The summed E-state index contributed by atoms with van der Waals surface area (Å²) in [5.74, 6) is 1.26. The zero-order chi connectivity index (χ0) is 31.1. The van der Waals surface area contributed by atoms with Crippen LogP contribution in [0.5, 0.6) is 5.75 Å². The van der Waals surface area contributed by atoms with E-state index in [1.165, 1.54) is 11.1 Å². The van der Waals surface area contributed by atoms with Gasteiger partial charge in [-0.15, -0.1) is 0 Å². The van der Waals surface area contributed by atoms with E-state index in [2.05, 4.69) is 60.8 Å². The number of piperazine rings is 1. The molecule has 2 heterocycles. The second-order valence-electron chi connectivity index (χ2n) is 12.2. The van der Waals surface area contributed by atoms with Crippen LogP contribution in [0.25, 0.3) is 5.57 Å². The number of nitrogens with zero attached hydrogens (tertiary/aromatic N) is 2. The van der Waals surface area contributed by atoms with Crippen molar-refractivity contribution in [2.24, 2.45) is 0 Å². The first-order valence-corrected chi connectivity index (χ1v) is 16.2. The fourth-order valence-electron chi connectivity index (χ4n) is 6.41. The number of halogens is 1. The normalized spacial score (nSPS) is 18.6. The molecule has 1 N–H and O–H groups in total. The Hall–Kier alpha value is -3.61. The molecule has 2 bridgehead atoms. The van der Waals surface area contributed by atoms with Gasteiger partial charge in [0.15, 0.2) is 0 Å². The molecule has 232 valence electrons. The van der Waals surface area contributed by atoms with Crippen molar-refractivity contribution in [3.63, 3.8) is 0 Å². The minimum atomic E-state index is -0.179. The Balaban J connectivity index is 1.27. The second-order valence-corrected chi connectivity index (χ2v) is 12.6. The van der Waals surface area contributed by atoms with Crippen LogP contribution in [0.4, 0.5) is 0 Å². The van der Waals surface area contributed by atoms with E-state index in [0.29, 0.717) is 49.4 Å². The quantitative estimate of drug-likeness (QED) is 0.230. The Kier molecular flexibility index (Phi) is 10.8. The van der Waals surface area contributed by atoms with Gasteiger partial charge < -0.3 is 19.9 Å². The summed E-state index contributed by atoms with van der Waals surface area (Å²) in [6.45, 7) is 6.32. The smallest absolute Gasteiger partial charge is 0.251 e. The number of hydrogen-bond donors (Lipinski definition) is 1. The van der Waals surface area contributed by atoms with Gasteiger partial charge in [-0.25, -0.2) is 0 Å². The lowest BCUT2D eigenvalue weighted by Gasteiger charge is -2.44. The van der Waals surface area contributed by atoms with Gasteiger partial charge in [0, 0.05) is 45.2 Å². The third kappa shape index (κ3) is 7.91. The standard InChI is InChI=1S/C37H44ClN3O3/c1-26(29-13-5-4-6-14-29)11-9-21-40(3)37(43)36-32(23-31-24-41(27(2)42)25-34(36)39-31)30-19-17-28(18-20-30)12-10-22-44-35-16-8-7-15-33(35)38/h4-8,13-20,26,31,34,39H,9-12,21-25H2,1-3H3/t26?,31?,34-/m1/s1. The van der Waals surface area contributed by atoms with Crippen LogP contribution in [0.15, 0.2) is 84.4 Å². The molecule has 3 atom stereocenters. The topological polar surface area (TPSA) is 61.9 Å². The van der Waals surface area contributed by atoms with E-state index in [9.17, 15) is 9.59 Å².